The van der Waals surface area contributed by atoms with E-state index in [1.54, 1.807) is 0 Å². The third-order valence-corrected chi connectivity index (χ3v) is 13.5. The number of nitrogens with zero attached hydrogens (tertiary/aromatic N) is 4. The molecule has 1 unspecified atom stereocenters. The Morgan fingerprint density at radius 1 is 0.452 bits per heavy atom. The Labute approximate surface area is 359 Å². The first-order valence-electron chi connectivity index (χ1n) is 21.5. The second kappa shape index (κ2) is 13.5. The van der Waals surface area contributed by atoms with Crippen LogP contribution in [-0.2, 0) is 5.41 Å². The van der Waals surface area contributed by atoms with Crippen LogP contribution in [0.25, 0.3) is 89.5 Å². The van der Waals surface area contributed by atoms with Gasteiger partial charge >= 0.3 is 0 Å². The van der Waals surface area contributed by atoms with E-state index in [1.165, 1.54) is 50.1 Å². The summed E-state index contributed by atoms with van der Waals surface area (Å²) in [7, 11) is 0. The van der Waals surface area contributed by atoms with Crippen molar-refractivity contribution in [3.05, 3.63) is 235 Å². The predicted molar refractivity (Wildman–Crippen MR) is 253 cm³/mol. The van der Waals surface area contributed by atoms with Crippen molar-refractivity contribution in [2.75, 3.05) is 0 Å². The molecule has 0 fully saturated rings. The normalized spacial score (nSPS) is 15.4. The van der Waals surface area contributed by atoms with Crippen molar-refractivity contribution in [1.82, 2.24) is 19.5 Å². The van der Waals surface area contributed by atoms with Crippen LogP contribution in [0.2, 0.25) is 0 Å². The lowest BCUT2D eigenvalue weighted by molar-refractivity contribution is 0.494. The van der Waals surface area contributed by atoms with Gasteiger partial charge in [0.15, 0.2) is 17.5 Å². The quantitative estimate of drug-likeness (QED) is 0.174. The molecule has 4 heteroatoms. The molecule has 3 aliphatic carbocycles. The van der Waals surface area contributed by atoms with Gasteiger partial charge in [-0.25, -0.2) is 15.0 Å². The van der Waals surface area contributed by atoms with E-state index >= 15 is 0 Å². The lowest BCUT2D eigenvalue weighted by Gasteiger charge is -2.36. The van der Waals surface area contributed by atoms with E-state index in [-0.39, 0.29) is 11.3 Å². The van der Waals surface area contributed by atoms with Gasteiger partial charge in [0.25, 0.3) is 0 Å². The second-order valence-corrected chi connectivity index (χ2v) is 16.6. The van der Waals surface area contributed by atoms with Crippen molar-refractivity contribution in [1.29, 1.82) is 0 Å². The molecule has 0 amide bonds. The molecule has 2 heterocycles. The van der Waals surface area contributed by atoms with Gasteiger partial charge in [0.2, 0.25) is 0 Å². The van der Waals surface area contributed by atoms with Gasteiger partial charge in [-0.2, -0.15) is 0 Å². The number of allylic oxidation sites excluding steroid dienone is 4. The van der Waals surface area contributed by atoms with Crippen LogP contribution in [-0.4, -0.2) is 19.5 Å². The molecule has 0 saturated heterocycles. The fourth-order valence-electron chi connectivity index (χ4n) is 11.1. The van der Waals surface area contributed by atoms with Crippen LogP contribution < -0.4 is 0 Å². The fourth-order valence-corrected chi connectivity index (χ4v) is 11.1. The van der Waals surface area contributed by atoms with E-state index in [1.807, 2.05) is 36.4 Å². The Bertz CT molecular complexity index is 3390. The highest BCUT2D eigenvalue weighted by Gasteiger charge is 2.56. The molecule has 0 radical (unpaired) electrons. The van der Waals surface area contributed by atoms with Crippen LogP contribution in [0.1, 0.15) is 28.7 Å². The summed E-state index contributed by atoms with van der Waals surface area (Å²) in [5, 5.41) is 2.26. The first kappa shape index (κ1) is 34.9. The average Bonchev–Trinajstić information content (AvgIpc) is 3.96. The Morgan fingerprint density at radius 2 is 1.02 bits per heavy atom. The van der Waals surface area contributed by atoms with E-state index in [9.17, 15) is 0 Å². The van der Waals surface area contributed by atoms with E-state index < -0.39 is 0 Å². The molecular formula is C58H38N4. The summed E-state index contributed by atoms with van der Waals surface area (Å²) in [6.07, 6.45) is 8.01. The van der Waals surface area contributed by atoms with Crippen molar-refractivity contribution >= 4 is 27.4 Å². The summed E-state index contributed by atoms with van der Waals surface area (Å²) in [5.41, 5.74) is 18.1. The number of fused-ring (bicyclic) bond motifs is 13. The molecule has 0 aliphatic heterocycles. The van der Waals surface area contributed by atoms with Gasteiger partial charge in [0, 0.05) is 39.1 Å². The van der Waals surface area contributed by atoms with Gasteiger partial charge < -0.3 is 4.57 Å². The Kier molecular flexibility index (Phi) is 7.61. The predicted octanol–water partition coefficient (Wildman–Crippen LogP) is 13.9. The van der Waals surface area contributed by atoms with Crippen molar-refractivity contribution in [3.63, 3.8) is 0 Å². The topological polar surface area (TPSA) is 43.6 Å². The van der Waals surface area contributed by atoms with Gasteiger partial charge in [0.05, 0.1) is 16.4 Å². The summed E-state index contributed by atoms with van der Waals surface area (Å²) in [4.78, 5) is 15.5. The lowest BCUT2D eigenvalue weighted by atomic mass is 9.65. The van der Waals surface area contributed by atoms with Crippen molar-refractivity contribution in [2.24, 2.45) is 5.92 Å². The van der Waals surface area contributed by atoms with Crippen molar-refractivity contribution < 1.29 is 0 Å². The zero-order chi connectivity index (χ0) is 40.8. The van der Waals surface area contributed by atoms with Crippen molar-refractivity contribution in [2.45, 2.75) is 11.8 Å². The highest BCUT2D eigenvalue weighted by molar-refractivity contribution is 6.16. The summed E-state index contributed by atoms with van der Waals surface area (Å²) in [6, 6.07) is 70.0. The third-order valence-electron chi connectivity index (χ3n) is 13.5. The van der Waals surface area contributed by atoms with Crippen LogP contribution in [0.5, 0.6) is 0 Å². The Balaban J connectivity index is 1.08. The van der Waals surface area contributed by atoms with Crippen molar-refractivity contribution in [3.8, 4) is 62.1 Å². The fraction of sp³-hybridized carbons (Fsp3) is 0.0517. The van der Waals surface area contributed by atoms with Gasteiger partial charge in [-0.15, -0.1) is 0 Å². The van der Waals surface area contributed by atoms with E-state index in [2.05, 4.69) is 181 Å². The molecule has 4 nitrogen and oxygen atoms in total. The van der Waals surface area contributed by atoms with Gasteiger partial charge in [-0.05, 0) is 86.8 Å². The summed E-state index contributed by atoms with van der Waals surface area (Å²) in [6.45, 7) is 0. The zero-order valence-corrected chi connectivity index (χ0v) is 33.8. The first-order valence-corrected chi connectivity index (χ1v) is 21.5. The zero-order valence-electron chi connectivity index (χ0n) is 33.8. The molecule has 3 aliphatic rings. The number of hydrogen-bond donors (Lipinski definition) is 0. The van der Waals surface area contributed by atoms with Gasteiger partial charge in [-0.1, -0.05) is 182 Å². The lowest BCUT2D eigenvalue weighted by Crippen LogP contribution is -2.32. The standard InChI is InChI=1S/C58H38N4/c1-4-18-37(19-5-1)55-59-56(38-20-6-2-7-21-38)61-57(60-55)45-28-17-33-52-54(45)46-36-39(34-35-51(46)62(52)40-22-8-3-9-23-40)41-27-16-32-50-53(41)44-26-12-15-31-49(44)58(50)47-29-13-10-24-42(47)43-25-11-14-30-48(43)58/h1-30,32-36,49H,31H2. The number of hydrogen-bond acceptors (Lipinski definition) is 3. The average molecular weight is 791 g/mol. The summed E-state index contributed by atoms with van der Waals surface area (Å²) >= 11 is 0. The molecule has 13 rings (SSSR count). The maximum atomic E-state index is 5.24. The molecule has 2 aromatic heterocycles. The minimum absolute atomic E-state index is 0.276. The van der Waals surface area contributed by atoms with Gasteiger partial charge in [0.1, 0.15) is 0 Å². The number of para-hydroxylation sites is 1. The number of rotatable bonds is 5. The Morgan fingerprint density at radius 3 is 1.71 bits per heavy atom. The van der Waals surface area contributed by atoms with E-state index in [0.717, 1.165) is 50.6 Å². The molecule has 1 atom stereocenters. The Hall–Kier alpha value is -7.95. The molecule has 62 heavy (non-hydrogen) atoms. The highest BCUT2D eigenvalue weighted by Crippen LogP contribution is 2.66. The second-order valence-electron chi connectivity index (χ2n) is 16.6. The molecule has 0 bridgehead atoms. The molecule has 290 valence electrons. The molecule has 10 aromatic rings. The number of benzene rings is 8. The van der Waals surface area contributed by atoms with E-state index in [4.69, 9.17) is 15.0 Å². The summed E-state index contributed by atoms with van der Waals surface area (Å²) in [5.74, 6) is 2.22. The first-order chi connectivity index (χ1) is 30.8. The highest BCUT2D eigenvalue weighted by atomic mass is 15.0. The smallest absolute Gasteiger partial charge is 0.164 e. The number of aromatic nitrogens is 4. The minimum Gasteiger partial charge on any atom is -0.309 e. The van der Waals surface area contributed by atoms with Crippen LogP contribution in [0.15, 0.2) is 212 Å². The van der Waals surface area contributed by atoms with Gasteiger partial charge in [-0.3, -0.25) is 0 Å². The largest absolute Gasteiger partial charge is 0.309 e. The van der Waals surface area contributed by atoms with Crippen LogP contribution in [0, 0.1) is 5.92 Å². The maximum Gasteiger partial charge on any atom is 0.164 e. The van der Waals surface area contributed by atoms with Crippen LogP contribution in [0.4, 0.5) is 0 Å². The summed E-state index contributed by atoms with van der Waals surface area (Å²) < 4.78 is 2.39. The minimum atomic E-state index is -0.276. The molecule has 0 N–H and O–H groups in total. The molecule has 0 saturated carbocycles. The third kappa shape index (κ3) is 4.92. The maximum absolute atomic E-state index is 5.24. The van der Waals surface area contributed by atoms with Crippen LogP contribution >= 0.6 is 0 Å². The SMILES string of the molecule is C1=CCC2C(=C1)c1c(-c3ccc4c(c3)c3c(-c5nc(-c6ccccc6)nc(-c6ccccc6)n5)cccc3n4-c3ccccc3)cccc1C21c2ccccc2-c2ccccc21. The monoisotopic (exact) mass is 790 g/mol. The van der Waals surface area contributed by atoms with Crippen LogP contribution in [0.3, 0.4) is 0 Å². The molecule has 8 aromatic carbocycles. The molecule has 1 spiro atoms. The molecular weight excluding hydrogens is 753 g/mol. The van der Waals surface area contributed by atoms with E-state index in [0.29, 0.717) is 17.5 Å².